The van der Waals surface area contributed by atoms with Gasteiger partial charge in [-0.2, -0.15) is 0 Å². The van der Waals surface area contributed by atoms with Gasteiger partial charge in [0.1, 0.15) is 17.3 Å². The molecule has 132 valence electrons. The fourth-order valence-electron chi connectivity index (χ4n) is 2.98. The highest BCUT2D eigenvalue weighted by atomic mass is 19.1. The van der Waals surface area contributed by atoms with Crippen molar-refractivity contribution < 1.29 is 18.4 Å². The smallest absolute Gasteiger partial charge is 0.223 e. The first-order chi connectivity index (χ1) is 12.0. The average Bonchev–Trinajstić information content (AvgIpc) is 3.09. The van der Waals surface area contributed by atoms with Gasteiger partial charge in [0.15, 0.2) is 0 Å². The van der Waals surface area contributed by atoms with Gasteiger partial charge in [-0.15, -0.1) is 0 Å². The molecule has 1 saturated heterocycles. The Hall–Kier alpha value is -2.63. The van der Waals surface area contributed by atoms with Crippen molar-refractivity contribution in [3.8, 4) is 11.3 Å². The minimum atomic E-state index is -0.331. The third-order valence-corrected chi connectivity index (χ3v) is 4.46. The predicted octanol–water partition coefficient (Wildman–Crippen LogP) is 2.71. The Morgan fingerprint density at radius 3 is 2.40 bits per heavy atom. The Kier molecular flexibility index (Phi) is 5.16. The summed E-state index contributed by atoms with van der Waals surface area (Å²) in [5.41, 5.74) is 0.417. The number of carbonyl (C=O) groups excluding carboxylic acids is 2. The van der Waals surface area contributed by atoms with E-state index in [-0.39, 0.29) is 17.6 Å². The third kappa shape index (κ3) is 4.07. The molecule has 0 spiro atoms. The lowest BCUT2D eigenvalue weighted by molar-refractivity contribution is -0.138. The van der Waals surface area contributed by atoms with E-state index in [9.17, 15) is 14.0 Å². The van der Waals surface area contributed by atoms with E-state index in [4.69, 9.17) is 4.42 Å². The number of hydrogen-bond donors (Lipinski definition) is 0. The molecule has 1 aromatic carbocycles. The summed E-state index contributed by atoms with van der Waals surface area (Å²) in [4.78, 5) is 27.1. The molecule has 0 N–H and O–H groups in total. The molecule has 0 saturated carbocycles. The van der Waals surface area contributed by atoms with Crippen LogP contribution in [0.2, 0.25) is 0 Å². The molecule has 2 aromatic rings. The van der Waals surface area contributed by atoms with Crippen molar-refractivity contribution in [1.82, 2.24) is 9.80 Å². The Morgan fingerprint density at radius 2 is 1.72 bits per heavy atom. The highest BCUT2D eigenvalue weighted by Gasteiger charge is 2.22. The Morgan fingerprint density at radius 1 is 1.04 bits per heavy atom. The molecule has 1 aliphatic heterocycles. The van der Waals surface area contributed by atoms with Gasteiger partial charge >= 0.3 is 0 Å². The van der Waals surface area contributed by atoms with Crippen LogP contribution in [0.15, 0.2) is 40.8 Å². The highest BCUT2D eigenvalue weighted by molar-refractivity contribution is 5.77. The zero-order chi connectivity index (χ0) is 17.8. The fraction of sp³-hybridized carbons (Fsp3) is 0.368. The lowest BCUT2D eigenvalue weighted by Gasteiger charge is -2.34. The van der Waals surface area contributed by atoms with E-state index in [0.717, 1.165) is 0 Å². The summed E-state index contributed by atoms with van der Waals surface area (Å²) in [5, 5.41) is 0. The van der Waals surface area contributed by atoms with Crippen LogP contribution in [0.1, 0.15) is 19.1 Å². The maximum absolute atomic E-state index is 13.8. The minimum absolute atomic E-state index is 0.0448. The first kappa shape index (κ1) is 17.2. The number of benzene rings is 1. The van der Waals surface area contributed by atoms with Crippen molar-refractivity contribution in [3.63, 3.8) is 0 Å². The van der Waals surface area contributed by atoms with E-state index >= 15 is 0 Å². The van der Waals surface area contributed by atoms with E-state index in [0.29, 0.717) is 56.1 Å². The van der Waals surface area contributed by atoms with Crippen LogP contribution >= 0.6 is 0 Å². The minimum Gasteiger partial charge on any atom is -0.461 e. The second-order valence-corrected chi connectivity index (χ2v) is 6.13. The molecule has 1 fully saturated rings. The zero-order valence-corrected chi connectivity index (χ0v) is 14.2. The topological polar surface area (TPSA) is 53.8 Å². The van der Waals surface area contributed by atoms with E-state index in [1.54, 1.807) is 47.1 Å². The number of halogens is 1. The van der Waals surface area contributed by atoms with Crippen molar-refractivity contribution in [3.05, 3.63) is 48.0 Å². The summed E-state index contributed by atoms with van der Waals surface area (Å²) >= 11 is 0. The van der Waals surface area contributed by atoms with E-state index in [1.165, 1.54) is 6.07 Å². The number of carbonyl (C=O) groups is 2. The number of nitrogens with zero attached hydrogens (tertiary/aromatic N) is 2. The Balaban J connectivity index is 1.53. The van der Waals surface area contributed by atoms with Crippen molar-refractivity contribution in [2.75, 3.05) is 26.2 Å². The molecule has 25 heavy (non-hydrogen) atoms. The van der Waals surface area contributed by atoms with Crippen LogP contribution in [0, 0.1) is 5.82 Å². The summed E-state index contributed by atoms with van der Waals surface area (Å²) in [6.07, 6.45) is 0.810. The fourth-order valence-corrected chi connectivity index (χ4v) is 2.98. The molecule has 0 bridgehead atoms. The van der Waals surface area contributed by atoms with Gasteiger partial charge in [-0.25, -0.2) is 4.39 Å². The zero-order valence-electron chi connectivity index (χ0n) is 14.2. The molecule has 5 nitrogen and oxygen atoms in total. The SMILES string of the molecule is CC(=O)N1CCN(C(=O)CCc2ccc(-c3ccccc3F)o2)CC1. The van der Waals surface area contributed by atoms with Crippen LogP contribution in [0.25, 0.3) is 11.3 Å². The summed E-state index contributed by atoms with van der Waals surface area (Å²) in [7, 11) is 0. The van der Waals surface area contributed by atoms with E-state index < -0.39 is 0 Å². The van der Waals surface area contributed by atoms with E-state index in [1.807, 2.05) is 0 Å². The molecule has 3 rings (SSSR count). The number of rotatable bonds is 4. The van der Waals surface area contributed by atoms with E-state index in [2.05, 4.69) is 0 Å². The molecule has 6 heteroatoms. The van der Waals surface area contributed by atoms with Gasteiger partial charge in [0, 0.05) is 45.9 Å². The summed E-state index contributed by atoms with van der Waals surface area (Å²) in [5.74, 6) is 0.891. The van der Waals surface area contributed by atoms with Crippen LogP contribution in [0.5, 0.6) is 0 Å². The van der Waals surface area contributed by atoms with Gasteiger partial charge in [0.25, 0.3) is 0 Å². The highest BCUT2D eigenvalue weighted by Crippen LogP contribution is 2.25. The molecule has 1 aromatic heterocycles. The first-order valence-corrected chi connectivity index (χ1v) is 8.41. The quantitative estimate of drug-likeness (QED) is 0.857. The summed E-state index contributed by atoms with van der Waals surface area (Å²) in [6.45, 7) is 3.84. The maximum atomic E-state index is 13.8. The number of aryl methyl sites for hydroxylation is 1. The standard InChI is InChI=1S/C19H21FN2O3/c1-14(23)21-10-12-22(13-11-21)19(24)9-7-15-6-8-18(25-15)16-4-2-3-5-17(16)20/h2-6,8H,7,9-13H2,1H3. The van der Waals surface area contributed by atoms with Gasteiger partial charge < -0.3 is 14.2 Å². The van der Waals surface area contributed by atoms with Crippen molar-refractivity contribution in [1.29, 1.82) is 0 Å². The number of amides is 2. The van der Waals surface area contributed by atoms with Gasteiger partial charge in [-0.3, -0.25) is 9.59 Å². The number of furan rings is 1. The maximum Gasteiger partial charge on any atom is 0.223 e. The Bertz CT molecular complexity index is 764. The summed E-state index contributed by atoms with van der Waals surface area (Å²) in [6, 6.07) is 9.95. The molecular weight excluding hydrogens is 323 g/mol. The second kappa shape index (κ2) is 7.51. The monoisotopic (exact) mass is 344 g/mol. The molecule has 1 aliphatic rings. The van der Waals surface area contributed by atoms with Crippen molar-refractivity contribution in [2.24, 2.45) is 0 Å². The number of piperazine rings is 1. The van der Waals surface area contributed by atoms with Gasteiger partial charge in [0.2, 0.25) is 11.8 Å². The predicted molar refractivity (Wildman–Crippen MR) is 91.3 cm³/mol. The molecule has 0 atom stereocenters. The number of hydrogen-bond acceptors (Lipinski definition) is 3. The second-order valence-electron chi connectivity index (χ2n) is 6.13. The van der Waals surface area contributed by atoms with Gasteiger partial charge in [0.05, 0.1) is 5.56 Å². The average molecular weight is 344 g/mol. The van der Waals surface area contributed by atoms with Crippen LogP contribution in [0.4, 0.5) is 4.39 Å². The van der Waals surface area contributed by atoms with Crippen LogP contribution in [0.3, 0.4) is 0 Å². The molecule has 2 heterocycles. The molecule has 0 radical (unpaired) electrons. The van der Waals surface area contributed by atoms with Crippen molar-refractivity contribution >= 4 is 11.8 Å². The van der Waals surface area contributed by atoms with Crippen molar-refractivity contribution in [2.45, 2.75) is 19.8 Å². The normalized spacial score (nSPS) is 14.6. The van der Waals surface area contributed by atoms with Crippen LogP contribution < -0.4 is 0 Å². The first-order valence-electron chi connectivity index (χ1n) is 8.41. The van der Waals surface area contributed by atoms with Crippen LogP contribution in [-0.2, 0) is 16.0 Å². The largest absolute Gasteiger partial charge is 0.461 e. The van der Waals surface area contributed by atoms with Gasteiger partial charge in [-0.1, -0.05) is 12.1 Å². The third-order valence-electron chi connectivity index (χ3n) is 4.46. The molecular formula is C19H21FN2O3. The van der Waals surface area contributed by atoms with Gasteiger partial charge in [-0.05, 0) is 24.3 Å². The molecule has 2 amide bonds. The Labute approximate surface area is 146 Å². The summed E-state index contributed by atoms with van der Waals surface area (Å²) < 4.78 is 19.5. The molecule has 0 unspecified atom stereocenters. The molecule has 0 aliphatic carbocycles. The van der Waals surface area contributed by atoms with Crippen LogP contribution in [-0.4, -0.2) is 47.8 Å². The lowest BCUT2D eigenvalue weighted by Crippen LogP contribution is -2.50. The lowest BCUT2D eigenvalue weighted by atomic mass is 10.1.